The van der Waals surface area contributed by atoms with E-state index in [9.17, 15) is 12.8 Å². The Morgan fingerprint density at radius 2 is 1.65 bits per heavy atom. The number of benzene rings is 2. The van der Waals surface area contributed by atoms with Gasteiger partial charge in [-0.3, -0.25) is 0 Å². The van der Waals surface area contributed by atoms with Crippen LogP contribution >= 0.6 is 0 Å². The van der Waals surface area contributed by atoms with Crippen molar-refractivity contribution in [2.45, 2.75) is 11.8 Å². The van der Waals surface area contributed by atoms with Crippen LogP contribution in [0.3, 0.4) is 0 Å². The van der Waals surface area contributed by atoms with Crippen LogP contribution in [0.25, 0.3) is 0 Å². The first-order valence-corrected chi connectivity index (χ1v) is 8.98. The molecule has 0 aliphatic carbocycles. The molecule has 122 valence electrons. The van der Waals surface area contributed by atoms with Gasteiger partial charge in [0.1, 0.15) is 5.82 Å². The highest BCUT2D eigenvalue weighted by molar-refractivity contribution is 7.89. The zero-order valence-electron chi connectivity index (χ0n) is 12.9. The van der Waals surface area contributed by atoms with E-state index in [0.29, 0.717) is 31.1 Å². The summed E-state index contributed by atoms with van der Waals surface area (Å²) in [6.45, 7) is 3.77. The van der Waals surface area contributed by atoms with Crippen LogP contribution in [0.15, 0.2) is 53.4 Å². The summed E-state index contributed by atoms with van der Waals surface area (Å²) in [5.41, 5.74) is 1.71. The first-order valence-electron chi connectivity index (χ1n) is 7.54. The Morgan fingerprint density at radius 1 is 0.957 bits per heavy atom. The molecule has 3 rings (SSSR count). The fourth-order valence-corrected chi connectivity index (χ4v) is 4.31. The molecule has 0 radical (unpaired) electrons. The monoisotopic (exact) mass is 334 g/mol. The van der Waals surface area contributed by atoms with E-state index in [0.717, 1.165) is 11.3 Å². The smallest absolute Gasteiger partial charge is 0.243 e. The predicted molar refractivity (Wildman–Crippen MR) is 88.6 cm³/mol. The van der Waals surface area contributed by atoms with Gasteiger partial charge >= 0.3 is 0 Å². The van der Waals surface area contributed by atoms with Crippen molar-refractivity contribution in [3.05, 3.63) is 59.9 Å². The molecule has 4 nitrogen and oxygen atoms in total. The lowest BCUT2D eigenvalue weighted by Crippen LogP contribution is -2.48. The number of aryl methyl sites for hydroxylation is 1. The Kier molecular flexibility index (Phi) is 4.37. The van der Waals surface area contributed by atoms with Gasteiger partial charge in [0.25, 0.3) is 0 Å². The third kappa shape index (κ3) is 3.38. The highest BCUT2D eigenvalue weighted by Gasteiger charge is 2.28. The quantitative estimate of drug-likeness (QED) is 0.866. The van der Waals surface area contributed by atoms with Crippen molar-refractivity contribution in [1.82, 2.24) is 4.31 Å². The van der Waals surface area contributed by atoms with Gasteiger partial charge in [0.2, 0.25) is 10.0 Å². The zero-order chi connectivity index (χ0) is 16.4. The van der Waals surface area contributed by atoms with Crippen LogP contribution < -0.4 is 4.90 Å². The molecule has 1 saturated heterocycles. The summed E-state index contributed by atoms with van der Waals surface area (Å²) in [5, 5.41) is 0. The molecule has 2 aromatic carbocycles. The number of sulfonamides is 1. The predicted octanol–water partition coefficient (Wildman–Crippen LogP) is 2.65. The van der Waals surface area contributed by atoms with Gasteiger partial charge in [-0.25, -0.2) is 12.8 Å². The number of piperazine rings is 1. The maximum absolute atomic E-state index is 13.3. The van der Waals surface area contributed by atoms with Gasteiger partial charge in [0, 0.05) is 31.9 Å². The fourth-order valence-electron chi connectivity index (χ4n) is 2.78. The standard InChI is InChI=1S/C17H19FN2O2S/c1-14-4-2-7-17(12-14)23(21,22)20-10-8-19(9-11-20)16-6-3-5-15(18)13-16/h2-7,12-13H,8-11H2,1H3. The van der Waals surface area contributed by atoms with Gasteiger partial charge in [-0.2, -0.15) is 4.31 Å². The minimum atomic E-state index is -3.47. The molecule has 0 amide bonds. The largest absolute Gasteiger partial charge is 0.369 e. The van der Waals surface area contributed by atoms with Crippen molar-refractivity contribution in [3.63, 3.8) is 0 Å². The average molecular weight is 334 g/mol. The molecular weight excluding hydrogens is 315 g/mol. The van der Waals surface area contributed by atoms with E-state index in [-0.39, 0.29) is 5.82 Å². The summed E-state index contributed by atoms with van der Waals surface area (Å²) < 4.78 is 40.2. The fraction of sp³-hybridized carbons (Fsp3) is 0.294. The first-order chi connectivity index (χ1) is 11.0. The van der Waals surface area contributed by atoms with Gasteiger partial charge in [-0.05, 0) is 42.8 Å². The second-order valence-electron chi connectivity index (χ2n) is 5.69. The minimum Gasteiger partial charge on any atom is -0.369 e. The summed E-state index contributed by atoms with van der Waals surface area (Å²) in [7, 11) is -3.47. The number of rotatable bonds is 3. The van der Waals surface area contributed by atoms with E-state index in [1.807, 2.05) is 24.0 Å². The van der Waals surface area contributed by atoms with E-state index < -0.39 is 10.0 Å². The second kappa shape index (κ2) is 6.29. The van der Waals surface area contributed by atoms with Gasteiger partial charge in [0.15, 0.2) is 0 Å². The normalized spacial score (nSPS) is 16.5. The molecule has 1 aliphatic rings. The zero-order valence-corrected chi connectivity index (χ0v) is 13.8. The highest BCUT2D eigenvalue weighted by Crippen LogP contribution is 2.22. The molecule has 1 heterocycles. The molecule has 0 unspecified atom stereocenters. The summed E-state index contributed by atoms with van der Waals surface area (Å²) in [6, 6.07) is 13.3. The Bertz CT molecular complexity index is 800. The van der Waals surface area contributed by atoms with Gasteiger partial charge in [-0.1, -0.05) is 18.2 Å². The molecule has 1 aliphatic heterocycles. The summed E-state index contributed by atoms with van der Waals surface area (Å²) in [4.78, 5) is 2.34. The Morgan fingerprint density at radius 3 is 2.30 bits per heavy atom. The van der Waals surface area contributed by atoms with Crippen molar-refractivity contribution in [3.8, 4) is 0 Å². The third-order valence-corrected chi connectivity index (χ3v) is 5.93. The highest BCUT2D eigenvalue weighted by atomic mass is 32.2. The van der Waals surface area contributed by atoms with Gasteiger partial charge in [0.05, 0.1) is 4.90 Å². The van der Waals surface area contributed by atoms with Crippen LogP contribution in [0.5, 0.6) is 0 Å². The van der Waals surface area contributed by atoms with Crippen molar-refractivity contribution in [1.29, 1.82) is 0 Å². The average Bonchev–Trinajstić information content (AvgIpc) is 2.55. The Balaban J connectivity index is 1.73. The van der Waals surface area contributed by atoms with Gasteiger partial charge < -0.3 is 4.90 Å². The topological polar surface area (TPSA) is 40.6 Å². The molecule has 1 fully saturated rings. The van der Waals surface area contributed by atoms with Gasteiger partial charge in [-0.15, -0.1) is 0 Å². The Labute approximate surface area is 136 Å². The van der Waals surface area contributed by atoms with Crippen molar-refractivity contribution < 1.29 is 12.8 Å². The number of nitrogens with zero attached hydrogens (tertiary/aromatic N) is 2. The summed E-state index contributed by atoms with van der Waals surface area (Å²) >= 11 is 0. The Hall–Kier alpha value is -1.92. The van der Waals surface area contributed by atoms with Crippen LogP contribution in [0, 0.1) is 12.7 Å². The number of halogens is 1. The number of anilines is 1. The van der Waals surface area contributed by atoms with E-state index >= 15 is 0 Å². The third-order valence-electron chi connectivity index (χ3n) is 4.04. The summed E-state index contributed by atoms with van der Waals surface area (Å²) in [6.07, 6.45) is 0. The maximum Gasteiger partial charge on any atom is 0.243 e. The molecule has 0 atom stereocenters. The lowest BCUT2D eigenvalue weighted by Gasteiger charge is -2.35. The van der Waals surface area contributed by atoms with Crippen LogP contribution in [-0.2, 0) is 10.0 Å². The SMILES string of the molecule is Cc1cccc(S(=O)(=O)N2CCN(c3cccc(F)c3)CC2)c1. The van der Waals surface area contributed by atoms with Crippen LogP contribution in [0.2, 0.25) is 0 Å². The number of hydrogen-bond acceptors (Lipinski definition) is 3. The minimum absolute atomic E-state index is 0.280. The lowest BCUT2D eigenvalue weighted by molar-refractivity contribution is 0.384. The van der Waals surface area contributed by atoms with E-state index in [1.165, 1.54) is 16.4 Å². The molecule has 0 saturated carbocycles. The molecule has 0 N–H and O–H groups in total. The van der Waals surface area contributed by atoms with Crippen LogP contribution in [-0.4, -0.2) is 38.9 Å². The second-order valence-corrected chi connectivity index (χ2v) is 7.63. The number of hydrogen-bond donors (Lipinski definition) is 0. The van der Waals surface area contributed by atoms with Crippen molar-refractivity contribution in [2.75, 3.05) is 31.1 Å². The molecule has 6 heteroatoms. The van der Waals surface area contributed by atoms with E-state index in [4.69, 9.17) is 0 Å². The summed E-state index contributed by atoms with van der Waals surface area (Å²) in [5.74, 6) is -0.280. The lowest BCUT2D eigenvalue weighted by atomic mass is 10.2. The molecule has 23 heavy (non-hydrogen) atoms. The van der Waals surface area contributed by atoms with Crippen LogP contribution in [0.4, 0.5) is 10.1 Å². The van der Waals surface area contributed by atoms with Crippen molar-refractivity contribution in [2.24, 2.45) is 0 Å². The molecule has 0 spiro atoms. The maximum atomic E-state index is 13.3. The molecular formula is C17H19FN2O2S. The molecule has 0 aromatic heterocycles. The molecule has 2 aromatic rings. The van der Waals surface area contributed by atoms with Crippen molar-refractivity contribution >= 4 is 15.7 Å². The first kappa shape index (κ1) is 16.0. The molecule has 0 bridgehead atoms. The van der Waals surface area contributed by atoms with E-state index in [2.05, 4.69) is 0 Å². The van der Waals surface area contributed by atoms with Crippen LogP contribution in [0.1, 0.15) is 5.56 Å². The van der Waals surface area contributed by atoms with E-state index in [1.54, 1.807) is 24.3 Å².